The minimum Gasteiger partial charge on any atom is -0.440 e. The normalized spacial score (nSPS) is 18.9. The highest BCUT2D eigenvalue weighted by Gasteiger charge is 2.35. The number of nitriles is 1. The molecule has 2 aliphatic rings. The Labute approximate surface area is 180 Å². The highest BCUT2D eigenvalue weighted by molar-refractivity contribution is 5.55. The number of aromatic nitrogens is 1. The lowest BCUT2D eigenvalue weighted by Gasteiger charge is -2.28. The average Bonchev–Trinajstić information content (AvgIpc) is 2.76. The van der Waals surface area contributed by atoms with Crippen LogP contribution in [0.3, 0.4) is 0 Å². The quantitative estimate of drug-likeness (QED) is 0.791. The topological polar surface area (TPSA) is 93.5 Å². The van der Waals surface area contributed by atoms with Gasteiger partial charge in [-0.15, -0.1) is 0 Å². The summed E-state index contributed by atoms with van der Waals surface area (Å²) < 4.78 is 27.4. The van der Waals surface area contributed by atoms with E-state index < -0.39 is 11.7 Å². The number of rotatable bonds is 5. The molecule has 0 spiro atoms. The van der Waals surface area contributed by atoms with E-state index in [-0.39, 0.29) is 33.9 Å². The van der Waals surface area contributed by atoms with Crippen molar-refractivity contribution < 1.29 is 13.9 Å². The Morgan fingerprint density at radius 1 is 1.26 bits per heavy atom. The fraction of sp³-hybridized carbons (Fsp3) is 0.391. The van der Waals surface area contributed by atoms with Crippen LogP contribution in [0.2, 0.25) is 0 Å². The minimum atomic E-state index is -0.909. The number of hydrogen-bond acceptors (Lipinski definition) is 6. The van der Waals surface area contributed by atoms with E-state index in [9.17, 15) is 14.4 Å². The van der Waals surface area contributed by atoms with Gasteiger partial charge in [-0.3, -0.25) is 9.69 Å². The van der Waals surface area contributed by atoms with Gasteiger partial charge in [0.25, 0.3) is 5.56 Å². The first kappa shape index (κ1) is 21.1. The molecule has 31 heavy (non-hydrogen) atoms. The van der Waals surface area contributed by atoms with Gasteiger partial charge < -0.3 is 19.8 Å². The Bertz CT molecular complexity index is 1110. The highest BCUT2D eigenvalue weighted by atomic mass is 19.1. The van der Waals surface area contributed by atoms with Gasteiger partial charge in [0.2, 0.25) is 5.88 Å². The number of ether oxygens (including phenoxy) is 2. The number of allylic oxidation sites excluding steroid dienone is 1. The summed E-state index contributed by atoms with van der Waals surface area (Å²) in [5.74, 6) is -1.24. The van der Waals surface area contributed by atoms with E-state index in [1.807, 2.05) is 13.0 Å². The molecule has 162 valence electrons. The van der Waals surface area contributed by atoms with Crippen molar-refractivity contribution in [2.24, 2.45) is 5.73 Å². The van der Waals surface area contributed by atoms with Gasteiger partial charge in [0.05, 0.1) is 24.7 Å². The molecule has 1 aromatic heterocycles. The largest absolute Gasteiger partial charge is 0.440 e. The zero-order valence-electron chi connectivity index (χ0n) is 17.4. The van der Waals surface area contributed by atoms with Gasteiger partial charge in [-0.25, -0.2) is 4.39 Å². The Balaban J connectivity index is 1.72. The van der Waals surface area contributed by atoms with E-state index in [2.05, 4.69) is 4.90 Å². The summed E-state index contributed by atoms with van der Waals surface area (Å²) in [6.07, 6.45) is 0.786. The monoisotopic (exact) mass is 424 g/mol. The lowest BCUT2D eigenvalue weighted by molar-refractivity contribution is 0.0369. The smallest absolute Gasteiger partial charge is 0.258 e. The van der Waals surface area contributed by atoms with Crippen LogP contribution in [0.1, 0.15) is 29.2 Å². The standard InChI is InChI=1S/C23H25FN4O3/c1-15-13-19-21(23(29)28(15)8-4-7-27-9-11-30-12-10-27)20(17(14-25)22(26)31-19)16-5-2-3-6-18(16)24/h2-3,5-6,13,20H,4,7-12,26H2,1H3/t20-/m1/s1. The maximum atomic E-state index is 14.7. The molecule has 0 saturated carbocycles. The molecule has 1 fully saturated rings. The van der Waals surface area contributed by atoms with Gasteiger partial charge in [-0.1, -0.05) is 18.2 Å². The maximum absolute atomic E-state index is 14.7. The van der Waals surface area contributed by atoms with Gasteiger partial charge in [0, 0.05) is 43.5 Å². The number of fused-ring (bicyclic) bond motifs is 1. The minimum absolute atomic E-state index is 0.0402. The van der Waals surface area contributed by atoms with E-state index in [4.69, 9.17) is 15.2 Å². The van der Waals surface area contributed by atoms with Crippen molar-refractivity contribution in [2.75, 3.05) is 32.8 Å². The molecule has 1 atom stereocenters. The van der Waals surface area contributed by atoms with Crippen LogP contribution >= 0.6 is 0 Å². The maximum Gasteiger partial charge on any atom is 0.258 e. The number of benzene rings is 1. The summed E-state index contributed by atoms with van der Waals surface area (Å²) in [4.78, 5) is 15.8. The second kappa shape index (κ2) is 8.92. The fourth-order valence-electron chi connectivity index (χ4n) is 4.26. The van der Waals surface area contributed by atoms with Crippen molar-refractivity contribution in [3.63, 3.8) is 0 Å². The fourth-order valence-corrected chi connectivity index (χ4v) is 4.26. The van der Waals surface area contributed by atoms with E-state index in [1.54, 1.807) is 28.8 Å². The summed E-state index contributed by atoms with van der Waals surface area (Å²) >= 11 is 0. The summed E-state index contributed by atoms with van der Waals surface area (Å²) in [6, 6.07) is 9.87. The molecule has 0 unspecified atom stereocenters. The number of nitrogens with zero attached hydrogens (tertiary/aromatic N) is 3. The van der Waals surface area contributed by atoms with Crippen LogP contribution in [0.25, 0.3) is 0 Å². The van der Waals surface area contributed by atoms with Gasteiger partial charge in [0.15, 0.2) is 0 Å². The molecule has 4 rings (SSSR count). The molecule has 0 amide bonds. The van der Waals surface area contributed by atoms with E-state index in [0.29, 0.717) is 6.54 Å². The predicted octanol–water partition coefficient (Wildman–Crippen LogP) is 2.24. The zero-order chi connectivity index (χ0) is 22.0. The number of nitrogens with two attached hydrogens (primary N) is 1. The molecule has 1 saturated heterocycles. The summed E-state index contributed by atoms with van der Waals surface area (Å²) in [7, 11) is 0. The molecule has 2 N–H and O–H groups in total. The van der Waals surface area contributed by atoms with Gasteiger partial charge in [-0.2, -0.15) is 5.26 Å². The second-order valence-electron chi connectivity index (χ2n) is 7.77. The Kier molecular flexibility index (Phi) is 6.07. The molecule has 8 heteroatoms. The van der Waals surface area contributed by atoms with Crippen LogP contribution in [0.15, 0.2) is 46.6 Å². The predicted molar refractivity (Wildman–Crippen MR) is 113 cm³/mol. The van der Waals surface area contributed by atoms with Crippen molar-refractivity contribution in [1.29, 1.82) is 5.26 Å². The SMILES string of the molecule is Cc1cc2c(c(=O)n1CCCN1CCOCC1)[C@H](c1ccccc1F)C(C#N)=C(N)O2. The van der Waals surface area contributed by atoms with Crippen molar-refractivity contribution in [1.82, 2.24) is 9.47 Å². The van der Waals surface area contributed by atoms with Crippen molar-refractivity contribution in [2.45, 2.75) is 25.8 Å². The number of aryl methyl sites for hydroxylation is 1. The van der Waals surface area contributed by atoms with Gasteiger partial charge in [-0.05, 0) is 19.4 Å². The third-order valence-corrected chi connectivity index (χ3v) is 5.87. The third kappa shape index (κ3) is 4.07. The molecule has 0 aliphatic carbocycles. The van der Waals surface area contributed by atoms with Crippen molar-refractivity contribution in [3.05, 3.63) is 74.8 Å². The molecule has 1 aromatic carbocycles. The molecule has 0 bridgehead atoms. The lowest BCUT2D eigenvalue weighted by Crippen LogP contribution is -2.38. The Morgan fingerprint density at radius 2 is 2.00 bits per heavy atom. The first-order valence-corrected chi connectivity index (χ1v) is 10.4. The number of hydrogen-bond donors (Lipinski definition) is 1. The molecular weight excluding hydrogens is 399 g/mol. The number of pyridine rings is 1. The van der Waals surface area contributed by atoms with Crippen molar-refractivity contribution in [3.8, 4) is 11.8 Å². The van der Waals surface area contributed by atoms with Gasteiger partial charge in [0.1, 0.15) is 23.2 Å². The van der Waals surface area contributed by atoms with Crippen molar-refractivity contribution >= 4 is 0 Å². The molecule has 2 aromatic rings. The highest BCUT2D eigenvalue weighted by Crippen LogP contribution is 2.41. The second-order valence-corrected chi connectivity index (χ2v) is 7.77. The van der Waals surface area contributed by atoms with Crippen LogP contribution in [0, 0.1) is 24.1 Å². The molecule has 3 heterocycles. The summed E-state index contributed by atoms with van der Waals surface area (Å²) in [5, 5.41) is 9.70. The number of morpholine rings is 1. The molecule has 0 radical (unpaired) electrons. The average molecular weight is 424 g/mol. The van der Waals surface area contributed by atoms with E-state index >= 15 is 0 Å². The third-order valence-electron chi connectivity index (χ3n) is 5.87. The van der Waals surface area contributed by atoms with Crippen LogP contribution < -0.4 is 16.0 Å². The van der Waals surface area contributed by atoms with Gasteiger partial charge >= 0.3 is 0 Å². The van der Waals surface area contributed by atoms with E-state index in [1.165, 1.54) is 6.07 Å². The molecule has 2 aliphatic heterocycles. The lowest BCUT2D eigenvalue weighted by atomic mass is 9.83. The van der Waals surface area contributed by atoms with Crippen LogP contribution in [-0.4, -0.2) is 42.3 Å². The van der Waals surface area contributed by atoms with E-state index in [0.717, 1.165) is 45.0 Å². The Morgan fingerprint density at radius 3 is 2.71 bits per heavy atom. The van der Waals surface area contributed by atoms with Crippen LogP contribution in [0.4, 0.5) is 4.39 Å². The zero-order valence-corrected chi connectivity index (χ0v) is 17.4. The van der Waals surface area contributed by atoms with Crippen LogP contribution in [-0.2, 0) is 11.3 Å². The summed E-state index contributed by atoms with van der Waals surface area (Å²) in [6.45, 7) is 6.43. The van der Waals surface area contributed by atoms with Crippen LogP contribution in [0.5, 0.6) is 5.75 Å². The first-order chi connectivity index (χ1) is 15.0. The molecule has 7 nitrogen and oxygen atoms in total. The summed E-state index contributed by atoms with van der Waals surface area (Å²) in [5.41, 5.74) is 6.93. The first-order valence-electron chi connectivity index (χ1n) is 10.4. The Hall–Kier alpha value is -3.15. The molecular formula is C23H25FN4O3. The number of halogens is 1.